The van der Waals surface area contributed by atoms with Crippen LogP contribution in [0.15, 0.2) is 46.6 Å². The smallest absolute Gasteiger partial charge is 0.291 e. The summed E-state index contributed by atoms with van der Waals surface area (Å²) < 4.78 is 17.8. The Morgan fingerprint density at radius 3 is 2.73 bits per heavy atom. The van der Waals surface area contributed by atoms with Crippen molar-refractivity contribution in [1.82, 2.24) is 0 Å². The van der Waals surface area contributed by atoms with Crippen LogP contribution in [0.2, 0.25) is 0 Å². The van der Waals surface area contributed by atoms with Crippen molar-refractivity contribution in [3.05, 3.63) is 67.8 Å². The summed E-state index contributed by atoms with van der Waals surface area (Å²) in [5, 5.41) is 11.6. The van der Waals surface area contributed by atoms with Gasteiger partial charge in [0.1, 0.15) is 5.75 Å². The molecule has 0 saturated heterocycles. The van der Waals surface area contributed by atoms with E-state index in [0.717, 1.165) is 10.9 Å². The number of halogens is 1. The first-order chi connectivity index (χ1) is 12.5. The molecule has 2 aromatic rings. The van der Waals surface area contributed by atoms with Crippen molar-refractivity contribution < 1.29 is 19.1 Å². The van der Waals surface area contributed by atoms with Crippen molar-refractivity contribution in [2.24, 2.45) is 0 Å². The van der Waals surface area contributed by atoms with Crippen molar-refractivity contribution in [3.63, 3.8) is 0 Å². The first-order valence-electron chi connectivity index (χ1n) is 8.16. The lowest BCUT2D eigenvalue weighted by Gasteiger charge is -2.23. The molecule has 1 heterocycles. The third kappa shape index (κ3) is 3.67. The summed E-state index contributed by atoms with van der Waals surface area (Å²) in [4.78, 5) is 11.2. The highest BCUT2D eigenvalue weighted by Gasteiger charge is 2.33. The normalized spacial score (nSPS) is 15.5. The molecule has 0 bridgehead atoms. The number of hydrogen-bond acceptors (Lipinski definition) is 5. The second kappa shape index (κ2) is 7.78. The van der Waals surface area contributed by atoms with Gasteiger partial charge < -0.3 is 14.2 Å². The molecule has 0 aromatic heterocycles. The largest absolute Gasteiger partial charge is 0.493 e. The summed E-state index contributed by atoms with van der Waals surface area (Å²) in [6.45, 7) is 2.58. The van der Waals surface area contributed by atoms with E-state index >= 15 is 0 Å². The number of ether oxygens (including phenoxy) is 3. The molecule has 0 radical (unpaired) electrons. The van der Waals surface area contributed by atoms with Gasteiger partial charge in [0.2, 0.25) is 6.10 Å². The summed E-state index contributed by atoms with van der Waals surface area (Å²) in [6, 6.07) is 10.6. The molecule has 6 nitrogen and oxygen atoms in total. The van der Waals surface area contributed by atoms with Crippen LogP contribution in [0.25, 0.3) is 6.08 Å². The molecule has 0 aliphatic carbocycles. The molecule has 26 heavy (non-hydrogen) atoms. The number of hydrogen-bond donors (Lipinski definition) is 0. The maximum atomic E-state index is 11.6. The minimum Gasteiger partial charge on any atom is -0.493 e. The summed E-state index contributed by atoms with van der Waals surface area (Å²) in [6.07, 6.45) is 1.59. The van der Waals surface area contributed by atoms with Gasteiger partial charge in [-0.15, -0.1) is 0 Å². The second-order valence-electron chi connectivity index (χ2n) is 5.77. The predicted octanol–water partition coefficient (Wildman–Crippen LogP) is 5.00. The first-order valence-corrected chi connectivity index (χ1v) is 8.95. The van der Waals surface area contributed by atoms with E-state index in [0.29, 0.717) is 35.0 Å². The topological polar surface area (TPSA) is 70.8 Å². The Hall–Kier alpha value is -2.54. The summed E-state index contributed by atoms with van der Waals surface area (Å²) in [7, 11) is 1.54. The third-order valence-corrected chi connectivity index (χ3v) is 4.44. The Kier molecular flexibility index (Phi) is 5.46. The molecule has 0 spiro atoms. The van der Waals surface area contributed by atoms with Crippen molar-refractivity contribution in [2.75, 3.05) is 13.7 Å². The van der Waals surface area contributed by atoms with E-state index in [2.05, 4.69) is 15.9 Å². The van der Waals surface area contributed by atoms with E-state index in [9.17, 15) is 10.1 Å². The average molecular weight is 420 g/mol. The van der Waals surface area contributed by atoms with E-state index < -0.39 is 11.0 Å². The molecule has 0 amide bonds. The van der Waals surface area contributed by atoms with Gasteiger partial charge in [0.25, 0.3) is 5.70 Å². The highest BCUT2D eigenvalue weighted by Crippen LogP contribution is 2.40. The van der Waals surface area contributed by atoms with Gasteiger partial charge in [-0.2, -0.15) is 0 Å². The standard InChI is InChI=1S/C19H18BrNO5/c1-3-8-25-17-6-4-12(11-18(17)24-2)19-15(21(22)23)10-13-9-14(20)5-7-16(13)26-19/h4-7,9-11,19H,3,8H2,1-2H3. The van der Waals surface area contributed by atoms with Gasteiger partial charge >= 0.3 is 0 Å². The van der Waals surface area contributed by atoms with Crippen LogP contribution >= 0.6 is 15.9 Å². The van der Waals surface area contributed by atoms with Crippen molar-refractivity contribution in [2.45, 2.75) is 19.4 Å². The Morgan fingerprint density at radius 1 is 1.23 bits per heavy atom. The SMILES string of the molecule is CCCOc1ccc(C2Oc3ccc(Br)cc3C=C2[N+](=O)[O-])cc1OC. The zero-order valence-corrected chi connectivity index (χ0v) is 16.0. The third-order valence-electron chi connectivity index (χ3n) is 3.95. The maximum Gasteiger partial charge on any atom is 0.291 e. The van der Waals surface area contributed by atoms with E-state index in [1.807, 2.05) is 13.0 Å². The molecule has 0 fully saturated rings. The molecular formula is C19H18BrNO5. The molecule has 0 saturated carbocycles. The van der Waals surface area contributed by atoms with Crippen LogP contribution < -0.4 is 14.2 Å². The molecule has 1 unspecified atom stereocenters. The molecule has 1 aliphatic heterocycles. The number of rotatable bonds is 6. The lowest BCUT2D eigenvalue weighted by atomic mass is 10.0. The number of fused-ring (bicyclic) bond motifs is 1. The van der Waals surface area contributed by atoms with E-state index in [1.54, 1.807) is 36.4 Å². The number of nitro groups is 1. The number of benzene rings is 2. The fraction of sp³-hybridized carbons (Fsp3) is 0.263. The number of methoxy groups -OCH3 is 1. The van der Waals surface area contributed by atoms with Crippen molar-refractivity contribution in [3.8, 4) is 17.2 Å². The monoisotopic (exact) mass is 419 g/mol. The van der Waals surface area contributed by atoms with Crippen LogP contribution in [0, 0.1) is 10.1 Å². The molecular weight excluding hydrogens is 402 g/mol. The molecule has 1 aliphatic rings. The van der Waals surface area contributed by atoms with Gasteiger partial charge in [0, 0.05) is 21.7 Å². The summed E-state index contributed by atoms with van der Waals surface area (Å²) in [5.74, 6) is 1.71. The quantitative estimate of drug-likeness (QED) is 0.486. The van der Waals surface area contributed by atoms with Gasteiger partial charge in [0.05, 0.1) is 18.6 Å². The minimum absolute atomic E-state index is 0.0279. The second-order valence-corrected chi connectivity index (χ2v) is 6.68. The lowest BCUT2D eigenvalue weighted by molar-refractivity contribution is -0.434. The average Bonchev–Trinajstić information content (AvgIpc) is 2.65. The van der Waals surface area contributed by atoms with Crippen LogP contribution in [-0.2, 0) is 0 Å². The van der Waals surface area contributed by atoms with E-state index in [1.165, 1.54) is 7.11 Å². The zero-order valence-electron chi connectivity index (χ0n) is 14.4. The van der Waals surface area contributed by atoms with E-state index in [-0.39, 0.29) is 5.70 Å². The Morgan fingerprint density at radius 2 is 2.04 bits per heavy atom. The Labute approximate surface area is 159 Å². The zero-order chi connectivity index (χ0) is 18.7. The molecule has 0 N–H and O–H groups in total. The Bertz CT molecular complexity index is 865. The summed E-state index contributed by atoms with van der Waals surface area (Å²) >= 11 is 3.37. The van der Waals surface area contributed by atoms with E-state index in [4.69, 9.17) is 14.2 Å². The molecule has 2 aromatic carbocycles. The van der Waals surface area contributed by atoms with Gasteiger partial charge in [0.15, 0.2) is 11.5 Å². The number of nitrogens with zero attached hydrogens (tertiary/aromatic N) is 1. The lowest BCUT2D eigenvalue weighted by Crippen LogP contribution is -2.19. The molecule has 136 valence electrons. The molecule has 7 heteroatoms. The van der Waals surface area contributed by atoms with Gasteiger partial charge in [-0.3, -0.25) is 10.1 Å². The van der Waals surface area contributed by atoms with Crippen molar-refractivity contribution >= 4 is 22.0 Å². The molecule has 1 atom stereocenters. The van der Waals surface area contributed by atoms with Crippen LogP contribution in [0.1, 0.15) is 30.6 Å². The fourth-order valence-electron chi connectivity index (χ4n) is 2.73. The predicted molar refractivity (Wildman–Crippen MR) is 101 cm³/mol. The van der Waals surface area contributed by atoms with Crippen LogP contribution in [-0.4, -0.2) is 18.6 Å². The van der Waals surface area contributed by atoms with Crippen LogP contribution in [0.5, 0.6) is 17.2 Å². The maximum absolute atomic E-state index is 11.6. The summed E-state index contributed by atoms with van der Waals surface area (Å²) in [5.41, 5.74) is 1.26. The van der Waals surface area contributed by atoms with Crippen molar-refractivity contribution in [1.29, 1.82) is 0 Å². The minimum atomic E-state index is -0.826. The van der Waals surface area contributed by atoms with Crippen LogP contribution in [0.4, 0.5) is 0 Å². The highest BCUT2D eigenvalue weighted by atomic mass is 79.9. The Balaban J connectivity index is 2.00. The van der Waals surface area contributed by atoms with Gasteiger partial charge in [-0.25, -0.2) is 0 Å². The highest BCUT2D eigenvalue weighted by molar-refractivity contribution is 9.10. The van der Waals surface area contributed by atoms with Crippen LogP contribution in [0.3, 0.4) is 0 Å². The van der Waals surface area contributed by atoms with Gasteiger partial charge in [-0.1, -0.05) is 28.9 Å². The fourth-order valence-corrected chi connectivity index (χ4v) is 3.11. The molecule has 3 rings (SSSR count). The van der Waals surface area contributed by atoms with Gasteiger partial charge in [-0.05, 0) is 36.8 Å². The first kappa shape index (κ1) is 18.3.